The normalized spacial score (nSPS) is 11.8. The van der Waals surface area contributed by atoms with Crippen molar-refractivity contribution < 1.29 is 8.42 Å². The molecule has 0 atom stereocenters. The lowest BCUT2D eigenvalue weighted by atomic mass is 10.6. The van der Waals surface area contributed by atoms with E-state index >= 15 is 0 Å². The van der Waals surface area contributed by atoms with E-state index in [1.54, 1.807) is 17.8 Å². The van der Waals surface area contributed by atoms with Gasteiger partial charge in [-0.25, -0.2) is 18.1 Å². The molecule has 0 bridgehead atoms. The Kier molecular flexibility index (Phi) is 2.75. The zero-order valence-corrected chi connectivity index (χ0v) is 9.40. The fourth-order valence-corrected chi connectivity index (χ4v) is 2.24. The van der Waals surface area contributed by atoms with Gasteiger partial charge in [-0.1, -0.05) is 0 Å². The van der Waals surface area contributed by atoms with Crippen molar-refractivity contribution in [2.45, 2.75) is 11.4 Å². The molecule has 7 nitrogen and oxygen atoms in total. The highest BCUT2D eigenvalue weighted by molar-refractivity contribution is 7.89. The highest BCUT2D eigenvalue weighted by Crippen LogP contribution is 2.08. The van der Waals surface area contributed by atoms with E-state index in [-0.39, 0.29) is 11.4 Å². The van der Waals surface area contributed by atoms with Gasteiger partial charge in [-0.3, -0.25) is 5.10 Å². The topological polar surface area (TPSA) is 92.7 Å². The molecule has 0 saturated carbocycles. The molecule has 0 unspecified atom stereocenters. The highest BCUT2D eigenvalue weighted by Gasteiger charge is 2.14. The van der Waals surface area contributed by atoms with Crippen LogP contribution in [-0.4, -0.2) is 28.2 Å². The van der Waals surface area contributed by atoms with Gasteiger partial charge in [0.15, 0.2) is 0 Å². The van der Waals surface area contributed by atoms with Gasteiger partial charge >= 0.3 is 0 Å². The molecule has 2 rings (SSSR count). The standard InChI is InChI=1S/C8H11N5O2S/c1-13-3-2-7(5-13)16(14,15)11-4-8-9-6-10-12-8/h2-3,5-6,11H,4H2,1H3,(H,9,10,12). The second-order valence-corrected chi connectivity index (χ2v) is 5.04. The van der Waals surface area contributed by atoms with Crippen molar-refractivity contribution in [1.82, 2.24) is 24.5 Å². The molecule has 0 aliphatic carbocycles. The molecule has 0 aliphatic heterocycles. The maximum atomic E-state index is 11.8. The van der Waals surface area contributed by atoms with Crippen LogP contribution in [0.4, 0.5) is 0 Å². The first-order chi connectivity index (χ1) is 7.58. The minimum Gasteiger partial charge on any atom is -0.356 e. The van der Waals surface area contributed by atoms with Crippen LogP contribution in [0.5, 0.6) is 0 Å². The van der Waals surface area contributed by atoms with Crippen LogP contribution in [0.3, 0.4) is 0 Å². The van der Waals surface area contributed by atoms with Crippen LogP contribution in [0.2, 0.25) is 0 Å². The van der Waals surface area contributed by atoms with Gasteiger partial charge in [-0.15, -0.1) is 0 Å². The van der Waals surface area contributed by atoms with Crippen LogP contribution >= 0.6 is 0 Å². The van der Waals surface area contributed by atoms with Crippen molar-refractivity contribution in [1.29, 1.82) is 0 Å². The Morgan fingerprint density at radius 3 is 2.94 bits per heavy atom. The molecule has 0 aromatic carbocycles. The molecule has 2 heterocycles. The van der Waals surface area contributed by atoms with Crippen LogP contribution in [0.1, 0.15) is 5.82 Å². The SMILES string of the molecule is Cn1ccc(S(=O)(=O)NCc2ncn[nH]2)c1. The Balaban J connectivity index is 2.09. The van der Waals surface area contributed by atoms with Crippen LogP contribution in [0, 0.1) is 0 Å². The van der Waals surface area contributed by atoms with Crippen molar-refractivity contribution in [2.75, 3.05) is 0 Å². The smallest absolute Gasteiger partial charge is 0.242 e. The molecule has 0 spiro atoms. The zero-order chi connectivity index (χ0) is 11.6. The summed E-state index contributed by atoms with van der Waals surface area (Å²) in [5.74, 6) is 0.472. The average Bonchev–Trinajstić information content (AvgIpc) is 2.85. The summed E-state index contributed by atoms with van der Waals surface area (Å²) in [7, 11) is -1.71. The molecular formula is C8H11N5O2S. The zero-order valence-electron chi connectivity index (χ0n) is 8.58. The Bertz CT molecular complexity index is 557. The number of hydrogen-bond donors (Lipinski definition) is 2. The van der Waals surface area contributed by atoms with Crippen molar-refractivity contribution >= 4 is 10.0 Å². The fourth-order valence-electron chi connectivity index (χ4n) is 1.20. The first-order valence-corrected chi connectivity index (χ1v) is 6.02. The van der Waals surface area contributed by atoms with E-state index < -0.39 is 10.0 Å². The van der Waals surface area contributed by atoms with E-state index in [9.17, 15) is 8.42 Å². The number of sulfonamides is 1. The second kappa shape index (κ2) is 4.06. The molecule has 0 amide bonds. The molecule has 86 valence electrons. The van der Waals surface area contributed by atoms with E-state index in [4.69, 9.17) is 0 Å². The number of aromatic nitrogens is 4. The number of nitrogens with one attached hydrogen (secondary N) is 2. The minimum absolute atomic E-state index is 0.0945. The predicted octanol–water partition coefficient (Wildman–Crippen LogP) is -0.378. The molecule has 0 saturated heterocycles. The third-order valence-corrected chi connectivity index (χ3v) is 3.40. The lowest BCUT2D eigenvalue weighted by Crippen LogP contribution is -2.23. The monoisotopic (exact) mass is 241 g/mol. The van der Waals surface area contributed by atoms with E-state index in [1.165, 1.54) is 18.6 Å². The van der Waals surface area contributed by atoms with Crippen LogP contribution in [-0.2, 0) is 23.6 Å². The van der Waals surface area contributed by atoms with Crippen molar-refractivity contribution in [3.05, 3.63) is 30.6 Å². The Morgan fingerprint density at radius 2 is 2.38 bits per heavy atom. The van der Waals surface area contributed by atoms with Crippen molar-refractivity contribution in [2.24, 2.45) is 7.05 Å². The van der Waals surface area contributed by atoms with Crippen LogP contribution in [0.25, 0.3) is 0 Å². The summed E-state index contributed by atoms with van der Waals surface area (Å²) in [6.45, 7) is 0.0945. The Morgan fingerprint density at radius 1 is 1.56 bits per heavy atom. The average molecular weight is 241 g/mol. The second-order valence-electron chi connectivity index (χ2n) is 3.27. The Labute approximate surface area is 92.6 Å². The van der Waals surface area contributed by atoms with Crippen LogP contribution in [0.15, 0.2) is 29.7 Å². The highest BCUT2D eigenvalue weighted by atomic mass is 32.2. The lowest BCUT2D eigenvalue weighted by molar-refractivity contribution is 0.579. The summed E-state index contributed by atoms with van der Waals surface area (Å²) in [6.07, 6.45) is 4.53. The van der Waals surface area contributed by atoms with Gasteiger partial charge in [0, 0.05) is 19.4 Å². The maximum Gasteiger partial charge on any atom is 0.242 e. The van der Waals surface area contributed by atoms with Gasteiger partial charge in [0.2, 0.25) is 10.0 Å². The van der Waals surface area contributed by atoms with Gasteiger partial charge in [0.1, 0.15) is 12.2 Å². The number of hydrogen-bond acceptors (Lipinski definition) is 4. The molecule has 2 aromatic heterocycles. The van der Waals surface area contributed by atoms with Gasteiger partial charge in [0.25, 0.3) is 0 Å². The molecule has 0 aliphatic rings. The molecule has 0 radical (unpaired) electrons. The van der Waals surface area contributed by atoms with Gasteiger partial charge in [-0.2, -0.15) is 5.10 Å². The molecule has 8 heteroatoms. The number of nitrogens with zero attached hydrogens (tertiary/aromatic N) is 3. The van der Waals surface area contributed by atoms with Crippen molar-refractivity contribution in [3.8, 4) is 0 Å². The summed E-state index contributed by atoms with van der Waals surface area (Å²) in [4.78, 5) is 4.05. The summed E-state index contributed by atoms with van der Waals surface area (Å²) in [5.41, 5.74) is 0. The molecular weight excluding hydrogens is 230 g/mol. The van der Waals surface area contributed by atoms with Crippen LogP contribution < -0.4 is 4.72 Å². The third kappa shape index (κ3) is 2.28. The maximum absolute atomic E-state index is 11.8. The number of H-pyrrole nitrogens is 1. The summed E-state index contributed by atoms with van der Waals surface area (Å²) < 4.78 is 27.6. The van der Waals surface area contributed by atoms with Gasteiger partial charge < -0.3 is 4.57 Å². The van der Waals surface area contributed by atoms with E-state index in [1.807, 2.05) is 0 Å². The van der Waals surface area contributed by atoms with E-state index in [2.05, 4.69) is 19.9 Å². The quantitative estimate of drug-likeness (QED) is 0.763. The molecule has 2 N–H and O–H groups in total. The number of rotatable bonds is 4. The summed E-state index contributed by atoms with van der Waals surface area (Å²) >= 11 is 0. The number of aryl methyl sites for hydroxylation is 1. The van der Waals surface area contributed by atoms with Gasteiger partial charge in [-0.05, 0) is 6.07 Å². The minimum atomic E-state index is -3.47. The molecule has 0 fully saturated rings. The van der Waals surface area contributed by atoms with Crippen molar-refractivity contribution in [3.63, 3.8) is 0 Å². The first-order valence-electron chi connectivity index (χ1n) is 4.54. The lowest BCUT2D eigenvalue weighted by Gasteiger charge is -2.02. The number of aromatic amines is 1. The largest absolute Gasteiger partial charge is 0.356 e. The predicted molar refractivity (Wildman–Crippen MR) is 55.8 cm³/mol. The fraction of sp³-hybridized carbons (Fsp3) is 0.250. The Hall–Kier alpha value is -1.67. The molecule has 16 heavy (non-hydrogen) atoms. The van der Waals surface area contributed by atoms with Gasteiger partial charge in [0.05, 0.1) is 11.4 Å². The summed E-state index contributed by atoms with van der Waals surface area (Å²) in [6, 6.07) is 1.53. The summed E-state index contributed by atoms with van der Waals surface area (Å²) in [5, 5.41) is 6.20. The molecule has 2 aromatic rings. The van der Waals surface area contributed by atoms with E-state index in [0.717, 1.165) is 0 Å². The third-order valence-electron chi connectivity index (χ3n) is 2.01. The first kappa shape index (κ1) is 10.8. The van der Waals surface area contributed by atoms with E-state index in [0.29, 0.717) is 5.82 Å².